The van der Waals surface area contributed by atoms with Gasteiger partial charge >= 0.3 is 19.2 Å². The van der Waals surface area contributed by atoms with Crippen molar-refractivity contribution < 1.29 is 28.4 Å². The van der Waals surface area contributed by atoms with E-state index in [1.807, 2.05) is 58.0 Å². The van der Waals surface area contributed by atoms with Crippen molar-refractivity contribution in [1.82, 2.24) is 9.88 Å². The van der Waals surface area contributed by atoms with Gasteiger partial charge in [-0.2, -0.15) is 0 Å². The van der Waals surface area contributed by atoms with Gasteiger partial charge in [-0.25, -0.2) is 4.79 Å². The Labute approximate surface area is 208 Å². The largest absolute Gasteiger partial charge is 0.496 e. The highest BCUT2D eigenvalue weighted by molar-refractivity contribution is 6.62. The van der Waals surface area contributed by atoms with Crippen LogP contribution in [0.3, 0.4) is 0 Å². The van der Waals surface area contributed by atoms with Crippen LogP contribution in [-0.4, -0.2) is 59.5 Å². The first-order chi connectivity index (χ1) is 16.2. The molecule has 0 aliphatic carbocycles. The van der Waals surface area contributed by atoms with Gasteiger partial charge in [-0.1, -0.05) is 24.3 Å². The molecule has 188 valence electrons. The zero-order valence-corrected chi connectivity index (χ0v) is 21.9. The third-order valence-electron chi connectivity index (χ3n) is 6.12. The summed E-state index contributed by atoms with van der Waals surface area (Å²) in [6, 6.07) is 9.71. The Morgan fingerprint density at radius 3 is 2.29 bits per heavy atom. The lowest BCUT2D eigenvalue weighted by Gasteiger charge is -2.32. The van der Waals surface area contributed by atoms with Gasteiger partial charge in [0.05, 0.1) is 18.3 Å². The van der Waals surface area contributed by atoms with Crippen LogP contribution in [0.1, 0.15) is 54.0 Å². The number of hydrogen-bond donors (Lipinski definition) is 0. The summed E-state index contributed by atoms with van der Waals surface area (Å²) in [5, 5.41) is 0. The number of pyridine rings is 1. The monoisotopic (exact) mass is 482 g/mol. The molecule has 0 radical (unpaired) electrons. The van der Waals surface area contributed by atoms with Crippen molar-refractivity contribution in [2.24, 2.45) is 0 Å². The number of methoxy groups -OCH3 is 1. The van der Waals surface area contributed by atoms with Crippen molar-refractivity contribution in [2.75, 3.05) is 13.7 Å². The molecule has 0 bridgehead atoms. The van der Waals surface area contributed by atoms with E-state index < -0.39 is 36.0 Å². The van der Waals surface area contributed by atoms with Crippen molar-refractivity contribution in [1.29, 1.82) is 0 Å². The lowest BCUT2D eigenvalue weighted by molar-refractivity contribution is -0.142. The van der Waals surface area contributed by atoms with Crippen LogP contribution in [0, 0.1) is 0 Å². The van der Waals surface area contributed by atoms with Gasteiger partial charge in [0.25, 0.3) is 0 Å². The molecule has 1 saturated heterocycles. The Kier molecular flexibility index (Phi) is 7.62. The summed E-state index contributed by atoms with van der Waals surface area (Å²) in [7, 11) is 0.773. The molecule has 0 saturated carbocycles. The summed E-state index contributed by atoms with van der Waals surface area (Å²) in [6.45, 7) is 13.4. The minimum Gasteiger partial charge on any atom is -0.468 e. The SMILES string of the molecule is COC(=O)CN(Cc1cccc(-c2cncc(B3OC(C)(C)C(C)(C)O3)c2)c1)C(=O)OC(C)(C)C. The number of carbonyl (C=O) groups excluding carboxylic acids is 2. The highest BCUT2D eigenvalue weighted by Crippen LogP contribution is 2.36. The molecule has 2 aromatic rings. The van der Waals surface area contributed by atoms with Crippen molar-refractivity contribution in [3.05, 3.63) is 48.3 Å². The summed E-state index contributed by atoms with van der Waals surface area (Å²) in [5.74, 6) is -0.522. The Hall–Kier alpha value is -2.91. The minimum absolute atomic E-state index is 0.183. The molecule has 35 heavy (non-hydrogen) atoms. The summed E-state index contributed by atoms with van der Waals surface area (Å²) < 4.78 is 22.6. The summed E-state index contributed by atoms with van der Waals surface area (Å²) in [6.07, 6.45) is 2.93. The van der Waals surface area contributed by atoms with Crippen LogP contribution in [0.25, 0.3) is 11.1 Å². The molecule has 1 fully saturated rings. The van der Waals surface area contributed by atoms with Crippen molar-refractivity contribution in [2.45, 2.75) is 71.8 Å². The molecule has 8 nitrogen and oxygen atoms in total. The van der Waals surface area contributed by atoms with Crippen LogP contribution in [0.15, 0.2) is 42.7 Å². The van der Waals surface area contributed by atoms with Gasteiger partial charge in [0.2, 0.25) is 0 Å². The van der Waals surface area contributed by atoms with E-state index in [1.165, 1.54) is 12.0 Å². The fraction of sp³-hybridized carbons (Fsp3) is 0.500. The normalized spacial score (nSPS) is 16.6. The topological polar surface area (TPSA) is 87.2 Å². The second-order valence-electron chi connectivity index (χ2n) is 10.7. The quantitative estimate of drug-likeness (QED) is 0.455. The molecule has 1 amide bonds. The highest BCUT2D eigenvalue weighted by atomic mass is 16.7. The number of esters is 1. The van der Waals surface area contributed by atoms with E-state index in [0.29, 0.717) is 0 Å². The van der Waals surface area contributed by atoms with E-state index in [4.69, 9.17) is 18.8 Å². The Morgan fingerprint density at radius 1 is 1.03 bits per heavy atom. The molecular formula is C26H35BN2O6. The molecular weight excluding hydrogens is 447 g/mol. The van der Waals surface area contributed by atoms with Crippen LogP contribution in [0.4, 0.5) is 4.79 Å². The zero-order chi connectivity index (χ0) is 26.0. The van der Waals surface area contributed by atoms with Gasteiger partial charge in [-0.05, 0) is 71.2 Å². The second-order valence-corrected chi connectivity index (χ2v) is 10.7. The number of carbonyl (C=O) groups is 2. The molecule has 0 atom stereocenters. The van der Waals surface area contributed by atoms with E-state index in [-0.39, 0.29) is 13.1 Å². The van der Waals surface area contributed by atoms with Gasteiger partial charge in [-0.3, -0.25) is 14.7 Å². The van der Waals surface area contributed by atoms with Crippen LogP contribution in [-0.2, 0) is 30.1 Å². The number of benzene rings is 1. The number of amides is 1. The van der Waals surface area contributed by atoms with Gasteiger partial charge < -0.3 is 18.8 Å². The third kappa shape index (κ3) is 6.61. The third-order valence-corrected chi connectivity index (χ3v) is 6.12. The van der Waals surface area contributed by atoms with Crippen molar-refractivity contribution in [3.8, 4) is 11.1 Å². The van der Waals surface area contributed by atoms with E-state index in [0.717, 1.165) is 22.2 Å². The lowest BCUT2D eigenvalue weighted by Crippen LogP contribution is -2.41. The molecule has 1 aromatic carbocycles. The van der Waals surface area contributed by atoms with E-state index in [1.54, 1.807) is 33.2 Å². The molecule has 1 aliphatic rings. The highest BCUT2D eigenvalue weighted by Gasteiger charge is 2.51. The first-order valence-corrected chi connectivity index (χ1v) is 11.7. The molecule has 2 heterocycles. The summed E-state index contributed by atoms with van der Waals surface area (Å²) in [5.41, 5.74) is 1.88. The average Bonchev–Trinajstić information content (AvgIpc) is 2.99. The molecule has 1 aliphatic heterocycles. The average molecular weight is 482 g/mol. The second kappa shape index (κ2) is 9.99. The lowest BCUT2D eigenvalue weighted by atomic mass is 9.79. The molecule has 1 aromatic heterocycles. The number of hydrogen-bond acceptors (Lipinski definition) is 7. The number of nitrogens with zero attached hydrogens (tertiary/aromatic N) is 2. The molecule has 3 rings (SSSR count). The number of ether oxygens (including phenoxy) is 2. The predicted molar refractivity (Wildman–Crippen MR) is 134 cm³/mol. The van der Waals surface area contributed by atoms with Crippen molar-refractivity contribution >= 4 is 24.6 Å². The first-order valence-electron chi connectivity index (χ1n) is 11.7. The van der Waals surface area contributed by atoms with Gasteiger partial charge in [0.15, 0.2) is 0 Å². The standard InChI is InChI=1S/C26H35BN2O6/c1-24(2,3)33-23(31)29(17-22(30)32-8)16-18-10-9-11-19(12-18)20-13-21(15-28-14-20)27-34-25(4,5)26(6,7)35-27/h9-15H,16-17H2,1-8H3. The number of aromatic nitrogens is 1. The Balaban J connectivity index is 1.83. The predicted octanol–water partition coefficient (Wildman–Crippen LogP) is 3.96. The minimum atomic E-state index is -0.688. The van der Waals surface area contributed by atoms with Gasteiger partial charge in [0, 0.05) is 24.4 Å². The van der Waals surface area contributed by atoms with E-state index in [9.17, 15) is 9.59 Å². The maximum Gasteiger partial charge on any atom is 0.496 e. The van der Waals surface area contributed by atoms with E-state index in [2.05, 4.69) is 4.98 Å². The first kappa shape index (κ1) is 26.7. The fourth-order valence-corrected chi connectivity index (χ4v) is 3.53. The van der Waals surface area contributed by atoms with Gasteiger partial charge in [-0.15, -0.1) is 0 Å². The number of rotatable bonds is 6. The maximum atomic E-state index is 12.7. The molecule has 0 unspecified atom stereocenters. The fourth-order valence-electron chi connectivity index (χ4n) is 3.53. The molecule has 0 spiro atoms. The van der Waals surface area contributed by atoms with Crippen LogP contribution < -0.4 is 5.46 Å². The Morgan fingerprint density at radius 2 is 1.69 bits per heavy atom. The van der Waals surface area contributed by atoms with Crippen LogP contribution in [0.2, 0.25) is 0 Å². The van der Waals surface area contributed by atoms with Crippen LogP contribution in [0.5, 0.6) is 0 Å². The summed E-state index contributed by atoms with van der Waals surface area (Å²) in [4.78, 5) is 30.4. The maximum absolute atomic E-state index is 12.7. The molecule has 0 N–H and O–H groups in total. The van der Waals surface area contributed by atoms with Crippen LogP contribution >= 0.6 is 0 Å². The Bertz CT molecular complexity index is 1060. The van der Waals surface area contributed by atoms with E-state index >= 15 is 0 Å². The molecule has 9 heteroatoms. The summed E-state index contributed by atoms with van der Waals surface area (Å²) >= 11 is 0. The van der Waals surface area contributed by atoms with Crippen molar-refractivity contribution in [3.63, 3.8) is 0 Å². The zero-order valence-electron chi connectivity index (χ0n) is 21.9. The smallest absolute Gasteiger partial charge is 0.468 e. The van der Waals surface area contributed by atoms with Gasteiger partial charge in [0.1, 0.15) is 12.1 Å².